The summed E-state index contributed by atoms with van der Waals surface area (Å²) in [5.41, 5.74) is -3.20. The van der Waals surface area contributed by atoms with Crippen LogP contribution < -0.4 is 10.6 Å². The molecule has 2 aromatic rings. The average Bonchev–Trinajstić information content (AvgIpc) is 3.10. The molecule has 2 heterocycles. The molecule has 2 amide bonds. The fraction of sp³-hybridized carbons (Fsp3) is 0.412. The Labute approximate surface area is 169 Å². The number of aromatic nitrogens is 2. The Morgan fingerprint density at radius 3 is 2.53 bits per heavy atom. The lowest BCUT2D eigenvalue weighted by atomic mass is 9.76. The summed E-state index contributed by atoms with van der Waals surface area (Å²) < 4.78 is 79.1. The quantitative estimate of drug-likeness (QED) is 0.687. The topological polar surface area (TPSA) is 84.0 Å². The Morgan fingerprint density at radius 2 is 1.93 bits per heavy atom. The predicted octanol–water partition coefficient (Wildman–Crippen LogP) is 4.01. The van der Waals surface area contributed by atoms with Crippen molar-refractivity contribution in [1.29, 1.82) is 0 Å². The zero-order chi connectivity index (χ0) is 22.2. The van der Waals surface area contributed by atoms with E-state index >= 15 is 0 Å². The maximum Gasteiger partial charge on any atom is 0.416 e. The van der Waals surface area contributed by atoms with Crippen LogP contribution in [-0.4, -0.2) is 34.7 Å². The van der Waals surface area contributed by atoms with Crippen LogP contribution >= 0.6 is 11.3 Å². The average molecular weight is 452 g/mol. The number of piperidine rings is 1. The Kier molecular flexibility index (Phi) is 5.76. The van der Waals surface area contributed by atoms with Crippen molar-refractivity contribution in [1.82, 2.24) is 15.5 Å². The molecule has 0 saturated carbocycles. The van der Waals surface area contributed by atoms with Gasteiger partial charge in [0.1, 0.15) is 5.01 Å². The molecule has 13 heteroatoms. The molecule has 1 aliphatic heterocycles. The minimum Gasteiger partial charge on any atom is -0.355 e. The van der Waals surface area contributed by atoms with E-state index < -0.39 is 54.5 Å². The van der Waals surface area contributed by atoms with E-state index in [-0.39, 0.29) is 22.1 Å². The molecule has 2 N–H and O–H groups in total. The van der Waals surface area contributed by atoms with Gasteiger partial charge in [0.15, 0.2) is 0 Å². The summed E-state index contributed by atoms with van der Waals surface area (Å²) in [5.74, 6) is -1.51. The summed E-state index contributed by atoms with van der Waals surface area (Å²) in [6.07, 6.45) is -11.1. The summed E-state index contributed by atoms with van der Waals surface area (Å²) in [6, 6.07) is 4.29. The normalized spacial score (nSPS) is 20.0. The molecular weight excluding hydrogens is 438 g/mol. The Morgan fingerprint density at radius 1 is 1.20 bits per heavy atom. The Bertz CT molecular complexity index is 946. The van der Waals surface area contributed by atoms with E-state index in [4.69, 9.17) is 0 Å². The van der Waals surface area contributed by atoms with Gasteiger partial charge in [0.25, 0.3) is 0 Å². The largest absolute Gasteiger partial charge is 0.416 e. The third-order valence-corrected chi connectivity index (χ3v) is 5.55. The maximum absolute atomic E-state index is 13.5. The van der Waals surface area contributed by atoms with E-state index in [0.29, 0.717) is 0 Å². The number of carbonyl (C=O) groups excluding carboxylic acids is 2. The molecule has 1 saturated heterocycles. The van der Waals surface area contributed by atoms with Crippen molar-refractivity contribution < 1.29 is 35.9 Å². The lowest BCUT2D eigenvalue weighted by molar-refractivity contribution is -0.230. The zero-order valence-electron chi connectivity index (χ0n) is 15.0. The van der Waals surface area contributed by atoms with E-state index in [2.05, 4.69) is 20.8 Å². The summed E-state index contributed by atoms with van der Waals surface area (Å²) in [4.78, 5) is 23.4. The van der Waals surface area contributed by atoms with Crippen molar-refractivity contribution in [2.75, 3.05) is 11.9 Å². The standard InChI is InChI=1S/C17H14F6N4O2S/c18-16(19,20)10-3-1-2-9(6-10)13-26-27-14(30-13)25-12(29)7-15(17(21,22)23)5-4-11(28)24-8-15/h1-3,6H,4-5,7-8H2,(H,24,28)(H,25,27,29). The van der Waals surface area contributed by atoms with E-state index in [9.17, 15) is 35.9 Å². The highest BCUT2D eigenvalue weighted by molar-refractivity contribution is 7.18. The molecule has 1 fully saturated rings. The summed E-state index contributed by atoms with van der Waals surface area (Å²) in [5, 5.41) is 11.6. The molecule has 0 aliphatic carbocycles. The predicted molar refractivity (Wildman–Crippen MR) is 94.3 cm³/mol. The minimum absolute atomic E-state index is 0.0619. The SMILES string of the molecule is O=C1CCC(CC(=O)Nc2nnc(-c3cccc(C(F)(F)F)c3)s2)(C(F)(F)F)CN1. The lowest BCUT2D eigenvalue weighted by Crippen LogP contribution is -2.53. The number of alkyl halides is 6. The number of hydrogen-bond donors (Lipinski definition) is 2. The van der Waals surface area contributed by atoms with Gasteiger partial charge in [-0.3, -0.25) is 9.59 Å². The van der Waals surface area contributed by atoms with Gasteiger partial charge in [-0.15, -0.1) is 10.2 Å². The van der Waals surface area contributed by atoms with Crippen LogP contribution in [0.5, 0.6) is 0 Å². The van der Waals surface area contributed by atoms with Crippen molar-refractivity contribution >= 4 is 28.3 Å². The monoisotopic (exact) mass is 452 g/mol. The van der Waals surface area contributed by atoms with Gasteiger partial charge in [0.2, 0.25) is 16.9 Å². The van der Waals surface area contributed by atoms with E-state index in [0.717, 1.165) is 23.5 Å². The summed E-state index contributed by atoms with van der Waals surface area (Å²) in [6.45, 7) is -0.714. The zero-order valence-corrected chi connectivity index (χ0v) is 15.8. The van der Waals surface area contributed by atoms with Gasteiger partial charge in [-0.2, -0.15) is 26.3 Å². The molecule has 0 bridgehead atoms. The second kappa shape index (κ2) is 7.85. The highest BCUT2D eigenvalue weighted by Crippen LogP contribution is 2.46. The maximum atomic E-state index is 13.5. The second-order valence-corrected chi connectivity index (χ2v) is 7.75. The van der Waals surface area contributed by atoms with Gasteiger partial charge in [-0.25, -0.2) is 0 Å². The second-order valence-electron chi connectivity index (χ2n) is 6.77. The molecule has 30 heavy (non-hydrogen) atoms. The summed E-state index contributed by atoms with van der Waals surface area (Å²) >= 11 is 0.730. The number of benzene rings is 1. The molecule has 1 unspecified atom stereocenters. The van der Waals surface area contributed by atoms with Crippen LogP contribution in [0.3, 0.4) is 0 Å². The lowest BCUT2D eigenvalue weighted by Gasteiger charge is -2.38. The molecule has 0 spiro atoms. The van der Waals surface area contributed by atoms with Crippen molar-refractivity contribution in [3.05, 3.63) is 29.8 Å². The van der Waals surface area contributed by atoms with Crippen molar-refractivity contribution in [2.45, 2.75) is 31.6 Å². The van der Waals surface area contributed by atoms with Crippen LogP contribution in [0.25, 0.3) is 10.6 Å². The number of nitrogens with one attached hydrogen (secondary N) is 2. The third-order valence-electron chi connectivity index (χ3n) is 4.66. The molecule has 6 nitrogen and oxygen atoms in total. The fourth-order valence-corrected chi connectivity index (χ4v) is 3.74. The van der Waals surface area contributed by atoms with Gasteiger partial charge in [-0.05, 0) is 18.6 Å². The summed E-state index contributed by atoms with van der Waals surface area (Å²) in [7, 11) is 0. The highest BCUT2D eigenvalue weighted by atomic mass is 32.1. The molecule has 1 aromatic heterocycles. The molecule has 1 aromatic carbocycles. The number of hydrogen-bond acceptors (Lipinski definition) is 5. The first-order valence-corrected chi connectivity index (χ1v) is 9.36. The van der Waals surface area contributed by atoms with Gasteiger partial charge in [-0.1, -0.05) is 23.5 Å². The van der Waals surface area contributed by atoms with Crippen LogP contribution in [0.1, 0.15) is 24.8 Å². The van der Waals surface area contributed by atoms with Crippen LogP contribution in [0.2, 0.25) is 0 Å². The number of rotatable bonds is 4. The van der Waals surface area contributed by atoms with Crippen molar-refractivity contribution in [3.8, 4) is 10.6 Å². The van der Waals surface area contributed by atoms with E-state index in [1.807, 2.05) is 0 Å². The first-order valence-electron chi connectivity index (χ1n) is 8.54. The minimum atomic E-state index is -4.72. The fourth-order valence-electron chi connectivity index (χ4n) is 2.98. The first-order chi connectivity index (χ1) is 13.9. The molecule has 0 radical (unpaired) electrons. The van der Waals surface area contributed by atoms with Crippen LogP contribution in [0.15, 0.2) is 24.3 Å². The molecular formula is C17H14F6N4O2S. The number of carbonyl (C=O) groups is 2. The smallest absolute Gasteiger partial charge is 0.355 e. The molecule has 162 valence electrons. The molecule has 3 rings (SSSR count). The molecule has 1 aliphatic rings. The van der Waals surface area contributed by atoms with E-state index in [1.54, 1.807) is 0 Å². The van der Waals surface area contributed by atoms with Gasteiger partial charge in [0, 0.05) is 24.9 Å². The van der Waals surface area contributed by atoms with Crippen LogP contribution in [0.4, 0.5) is 31.5 Å². The van der Waals surface area contributed by atoms with Gasteiger partial charge in [0.05, 0.1) is 11.0 Å². The van der Waals surface area contributed by atoms with Crippen molar-refractivity contribution in [2.24, 2.45) is 5.41 Å². The Balaban J connectivity index is 1.73. The van der Waals surface area contributed by atoms with Gasteiger partial charge < -0.3 is 10.6 Å². The molecule has 1 atom stereocenters. The third kappa shape index (κ3) is 4.71. The van der Waals surface area contributed by atoms with Crippen LogP contribution in [0, 0.1) is 5.41 Å². The number of halogens is 6. The van der Waals surface area contributed by atoms with Crippen molar-refractivity contribution in [3.63, 3.8) is 0 Å². The van der Waals surface area contributed by atoms with Crippen LogP contribution in [-0.2, 0) is 15.8 Å². The number of amides is 2. The van der Waals surface area contributed by atoms with E-state index in [1.165, 1.54) is 12.1 Å². The number of anilines is 1. The first kappa shape index (κ1) is 22.0. The number of nitrogens with zero attached hydrogens (tertiary/aromatic N) is 2. The Hall–Kier alpha value is -2.70. The van der Waals surface area contributed by atoms with Gasteiger partial charge >= 0.3 is 12.4 Å². The highest BCUT2D eigenvalue weighted by Gasteiger charge is 2.56.